The van der Waals surface area contributed by atoms with E-state index in [2.05, 4.69) is 34.4 Å². The Hall–Kier alpha value is -5.30. The van der Waals surface area contributed by atoms with Crippen molar-refractivity contribution in [2.75, 3.05) is 19.8 Å². The van der Waals surface area contributed by atoms with Crippen LogP contribution in [0.1, 0.15) is 152 Å². The minimum Gasteiger partial charge on any atom is -0.464 e. The van der Waals surface area contributed by atoms with Gasteiger partial charge in [-0.3, -0.25) is 19.2 Å². The van der Waals surface area contributed by atoms with Crippen LogP contribution in [0.25, 0.3) is 0 Å². The summed E-state index contributed by atoms with van der Waals surface area (Å²) in [4.78, 5) is 105. The van der Waals surface area contributed by atoms with Crippen LogP contribution in [0.3, 0.4) is 0 Å². The fraction of sp³-hybridized carbons (Fsp3) is 0.736. The number of rotatable bonds is 16. The molecule has 11 atom stereocenters. The first-order valence-corrected chi connectivity index (χ1v) is 25.9. The summed E-state index contributed by atoms with van der Waals surface area (Å²) in [5.41, 5.74) is -3.80. The number of likely N-dealkylation sites (tertiary alicyclic amines) is 1. The number of aliphatic hydroxyl groups excluding tert-OH is 2. The van der Waals surface area contributed by atoms with E-state index in [0.29, 0.717) is 32.1 Å². The quantitative estimate of drug-likeness (QED) is 0.0490. The van der Waals surface area contributed by atoms with Gasteiger partial charge in [0.05, 0.1) is 37.4 Å². The highest BCUT2D eigenvalue weighted by atomic mass is 16.6. The van der Waals surface area contributed by atoms with E-state index < -0.39 is 106 Å². The van der Waals surface area contributed by atoms with E-state index in [0.717, 1.165) is 44.9 Å². The number of hydrogen-bond donors (Lipinski definition) is 6. The first-order chi connectivity index (χ1) is 33.8. The second-order valence-corrected chi connectivity index (χ2v) is 21.7. The van der Waals surface area contributed by atoms with Crippen molar-refractivity contribution in [1.29, 1.82) is 0 Å². The number of aliphatic hydroxyl groups is 2. The molecular weight excluding hydrogens is 931 g/mol. The maximum absolute atomic E-state index is 13.6. The Kier molecular flexibility index (Phi) is 21.5. The number of unbranched alkanes of at least 4 members (excludes halogenated alkanes) is 3. The zero-order valence-corrected chi connectivity index (χ0v) is 43.9. The standard InChI is InChI=1S/C27H43N3O7.C26H40N2O7/c1-7-10-11-12-13-14-20(28-25(35)37-26(4,5)6)23(33)30-17-19(31)15-21(30)22(32)29-27(16-18(27)8-2)24(34)36-9-3;1-5-34-23(32)26-15-16(26)11-9-7-6-8-10-12-20(27-24(33)35-25(2,3)4)21(30)18-13-17(29)14-19(18)22(31)28-26/h7-8,18-21,31H,1-2,9-17H2,3-6H3,(H,28,35)(H,29,32);9,11,16-20,29H,5-8,10,12-15H2,1-4H3,(H,27,33)(H,28,31)/b;11-9-/t18-,19-,20+,21+,27-;16-,17+,18?,19-,20+,26-/m11/s1. The highest BCUT2D eigenvalue weighted by molar-refractivity contribution is 5.98. The third-order valence-electron chi connectivity index (χ3n) is 13.5. The molecule has 72 heavy (non-hydrogen) atoms. The van der Waals surface area contributed by atoms with Crippen LogP contribution in [0.15, 0.2) is 37.5 Å². The minimum atomic E-state index is -1.21. The van der Waals surface area contributed by atoms with Crippen molar-refractivity contribution < 1.29 is 67.5 Å². The molecule has 2 aliphatic heterocycles. The molecule has 5 rings (SSSR count). The van der Waals surface area contributed by atoms with Gasteiger partial charge in [0.15, 0.2) is 5.78 Å². The molecule has 0 spiro atoms. The van der Waals surface area contributed by atoms with Crippen molar-refractivity contribution >= 4 is 47.6 Å². The molecular formula is C53H83N5O14. The number of hydrogen-bond acceptors (Lipinski definition) is 14. The largest absolute Gasteiger partial charge is 0.464 e. The number of Topliss-reactive ketones (excluding diaryl/α,β-unsaturated/α-hetero) is 1. The van der Waals surface area contributed by atoms with Gasteiger partial charge in [0, 0.05) is 30.7 Å². The molecule has 0 radical (unpaired) electrons. The highest BCUT2D eigenvalue weighted by Crippen LogP contribution is 2.48. The summed E-state index contributed by atoms with van der Waals surface area (Å²) in [7, 11) is 0. The number of ether oxygens (including phenoxy) is 4. The Morgan fingerprint density at radius 1 is 0.847 bits per heavy atom. The lowest BCUT2D eigenvalue weighted by Gasteiger charge is -2.30. The lowest BCUT2D eigenvalue weighted by molar-refractivity contribution is -0.150. The Labute approximate surface area is 425 Å². The number of nitrogens with zero attached hydrogens (tertiary/aromatic N) is 1. The zero-order valence-electron chi connectivity index (χ0n) is 43.9. The maximum atomic E-state index is 13.6. The fourth-order valence-electron chi connectivity index (χ4n) is 9.77. The van der Waals surface area contributed by atoms with Crippen molar-refractivity contribution in [3.63, 3.8) is 0 Å². The highest BCUT2D eigenvalue weighted by Gasteiger charge is 2.63. The Balaban J connectivity index is 0.000000313. The van der Waals surface area contributed by atoms with E-state index in [1.165, 1.54) is 4.90 Å². The zero-order chi connectivity index (χ0) is 53.6. The number of β-amino-alcohol motifs (C(OH)–C–C–N with tert-alkyl or cyclic N) is 1. The Morgan fingerprint density at radius 2 is 1.50 bits per heavy atom. The smallest absolute Gasteiger partial charge is 0.408 e. The van der Waals surface area contributed by atoms with Gasteiger partial charge in [0.2, 0.25) is 17.7 Å². The molecule has 3 aliphatic carbocycles. The summed E-state index contributed by atoms with van der Waals surface area (Å²) in [6.07, 6.45) is 12.7. The van der Waals surface area contributed by atoms with Crippen LogP contribution in [-0.4, -0.2) is 135 Å². The number of allylic oxidation sites excluding steroid dienone is 2. The van der Waals surface area contributed by atoms with Gasteiger partial charge >= 0.3 is 24.1 Å². The van der Waals surface area contributed by atoms with Crippen LogP contribution in [0.4, 0.5) is 9.59 Å². The van der Waals surface area contributed by atoms with E-state index in [1.54, 1.807) is 61.5 Å². The fourth-order valence-corrected chi connectivity index (χ4v) is 9.77. The second-order valence-electron chi connectivity index (χ2n) is 21.7. The summed E-state index contributed by atoms with van der Waals surface area (Å²) in [5.74, 6) is -4.75. The molecule has 4 fully saturated rings. The van der Waals surface area contributed by atoms with Gasteiger partial charge in [-0.15, -0.1) is 13.2 Å². The molecule has 1 unspecified atom stereocenters. The third kappa shape index (κ3) is 16.6. The molecule has 5 aliphatic rings. The van der Waals surface area contributed by atoms with Crippen LogP contribution >= 0.6 is 0 Å². The molecule has 0 aromatic heterocycles. The third-order valence-corrected chi connectivity index (χ3v) is 13.5. The first kappa shape index (κ1) is 59.3. The van der Waals surface area contributed by atoms with Gasteiger partial charge in [0.25, 0.3) is 0 Å². The molecule has 404 valence electrons. The SMILES string of the molecule is C=CCCCCC[C@H](NC(=O)OC(C)(C)C)C(=O)N1C[C@H](O)C[C@H]1C(=O)N[C@]1(C(=O)OCC)C[C@H]1C=C.CCOC(=O)[C@@]12C[C@H]1/C=C\CCCCC[C@H](NC(=O)OC(C)(C)C)C(=O)C1C[C@H](O)C[C@H]1C(=O)N2. The van der Waals surface area contributed by atoms with Gasteiger partial charge in [-0.2, -0.15) is 0 Å². The van der Waals surface area contributed by atoms with Crippen molar-refractivity contribution in [2.45, 2.75) is 204 Å². The molecule has 19 heteroatoms. The Morgan fingerprint density at radius 3 is 2.12 bits per heavy atom. The lowest BCUT2D eigenvalue weighted by atomic mass is 9.86. The number of carbonyl (C=O) groups excluding carboxylic acids is 8. The van der Waals surface area contributed by atoms with Gasteiger partial charge in [-0.25, -0.2) is 19.2 Å². The molecule has 19 nitrogen and oxygen atoms in total. The van der Waals surface area contributed by atoms with E-state index in [1.807, 2.05) is 18.2 Å². The number of ketones is 1. The number of amides is 5. The number of alkyl carbamates (subject to hydrolysis) is 2. The minimum absolute atomic E-state index is 0.0216. The Bertz CT molecular complexity index is 2000. The molecule has 2 heterocycles. The number of nitrogens with one attached hydrogen (secondary N) is 4. The summed E-state index contributed by atoms with van der Waals surface area (Å²) < 4.78 is 21.1. The number of esters is 2. The van der Waals surface area contributed by atoms with Crippen molar-refractivity contribution in [3.8, 4) is 0 Å². The van der Waals surface area contributed by atoms with Crippen LogP contribution in [0.2, 0.25) is 0 Å². The summed E-state index contributed by atoms with van der Waals surface area (Å²) >= 11 is 0. The van der Waals surface area contributed by atoms with Crippen molar-refractivity contribution in [1.82, 2.24) is 26.2 Å². The van der Waals surface area contributed by atoms with Gasteiger partial charge in [-0.1, -0.05) is 50.0 Å². The van der Waals surface area contributed by atoms with Gasteiger partial charge in [-0.05, 0) is 120 Å². The molecule has 0 aromatic carbocycles. The van der Waals surface area contributed by atoms with Crippen LogP contribution in [0, 0.1) is 23.7 Å². The second kappa shape index (κ2) is 26.1. The molecule has 3 saturated carbocycles. The molecule has 5 amide bonds. The van der Waals surface area contributed by atoms with Crippen LogP contribution in [-0.2, 0) is 47.7 Å². The molecule has 0 bridgehead atoms. The first-order valence-electron chi connectivity index (χ1n) is 25.9. The predicted molar refractivity (Wildman–Crippen MR) is 267 cm³/mol. The van der Waals surface area contributed by atoms with Crippen LogP contribution < -0.4 is 21.3 Å². The van der Waals surface area contributed by atoms with E-state index in [9.17, 15) is 48.6 Å². The van der Waals surface area contributed by atoms with Crippen molar-refractivity contribution in [3.05, 3.63) is 37.5 Å². The summed E-state index contributed by atoms with van der Waals surface area (Å²) in [5, 5.41) is 31.7. The molecule has 0 aromatic rings. The molecule has 1 saturated heterocycles. The van der Waals surface area contributed by atoms with E-state index in [4.69, 9.17) is 18.9 Å². The van der Waals surface area contributed by atoms with Gasteiger partial charge < -0.3 is 55.3 Å². The average Bonchev–Trinajstić information content (AvgIpc) is 4.08. The maximum Gasteiger partial charge on any atom is 0.408 e. The molecule has 6 N–H and O–H groups in total. The van der Waals surface area contributed by atoms with Crippen LogP contribution in [0.5, 0.6) is 0 Å². The van der Waals surface area contributed by atoms with E-state index >= 15 is 0 Å². The normalized spacial score (nSPS) is 30.1. The van der Waals surface area contributed by atoms with Crippen molar-refractivity contribution in [2.24, 2.45) is 23.7 Å². The average molecular weight is 1010 g/mol. The number of fused-ring (bicyclic) bond motifs is 2. The van der Waals surface area contributed by atoms with E-state index in [-0.39, 0.29) is 56.6 Å². The topological polar surface area (TPSA) is 265 Å². The predicted octanol–water partition coefficient (Wildman–Crippen LogP) is 5.40. The summed E-state index contributed by atoms with van der Waals surface area (Å²) in [6.45, 7) is 21.6. The monoisotopic (exact) mass is 1010 g/mol. The van der Waals surface area contributed by atoms with Gasteiger partial charge in [0.1, 0.15) is 34.4 Å². The lowest BCUT2D eigenvalue weighted by Crippen LogP contribution is -2.56. The summed E-state index contributed by atoms with van der Waals surface area (Å²) in [6, 6.07) is -2.74. The number of carbonyl (C=O) groups is 8.